The number of nitro groups is 1. The van der Waals surface area contributed by atoms with Crippen molar-refractivity contribution in [2.24, 2.45) is 5.92 Å². The largest absolute Gasteiger partial charge is 0.317 e. The SMILES string of the molecule is Cl.O=[N+]([O-])c1cccc(CC2CCNCC2)c1. The Bertz CT molecular complexity index is 379. The molecule has 0 radical (unpaired) electrons. The van der Waals surface area contributed by atoms with Gasteiger partial charge in [0, 0.05) is 12.1 Å². The molecule has 1 aromatic rings. The average Bonchev–Trinajstić information content (AvgIpc) is 2.30. The van der Waals surface area contributed by atoms with E-state index in [0.29, 0.717) is 5.92 Å². The van der Waals surface area contributed by atoms with E-state index in [4.69, 9.17) is 0 Å². The molecule has 1 heterocycles. The van der Waals surface area contributed by atoms with E-state index < -0.39 is 0 Å². The molecule has 0 aromatic heterocycles. The molecule has 17 heavy (non-hydrogen) atoms. The number of hydrogen-bond acceptors (Lipinski definition) is 3. The minimum absolute atomic E-state index is 0. The summed E-state index contributed by atoms with van der Waals surface area (Å²) in [7, 11) is 0. The van der Waals surface area contributed by atoms with Crippen LogP contribution in [0.2, 0.25) is 0 Å². The lowest BCUT2D eigenvalue weighted by molar-refractivity contribution is -0.384. The van der Waals surface area contributed by atoms with E-state index >= 15 is 0 Å². The number of rotatable bonds is 3. The highest BCUT2D eigenvalue weighted by atomic mass is 35.5. The minimum atomic E-state index is -0.327. The maximum absolute atomic E-state index is 10.6. The Hall–Kier alpha value is -1.13. The first-order chi connectivity index (χ1) is 7.75. The van der Waals surface area contributed by atoms with Gasteiger partial charge in [0.2, 0.25) is 0 Å². The summed E-state index contributed by atoms with van der Waals surface area (Å²) in [6, 6.07) is 7.00. The predicted octanol–water partition coefficient (Wildman–Crippen LogP) is 2.56. The third kappa shape index (κ3) is 3.98. The molecule has 0 atom stereocenters. The smallest absolute Gasteiger partial charge is 0.269 e. The quantitative estimate of drug-likeness (QED) is 0.668. The molecule has 0 spiro atoms. The first-order valence-electron chi connectivity index (χ1n) is 5.70. The average molecular weight is 257 g/mol. The molecule has 1 N–H and O–H groups in total. The molecule has 4 nitrogen and oxygen atoms in total. The lowest BCUT2D eigenvalue weighted by atomic mass is 9.91. The third-order valence-electron chi connectivity index (χ3n) is 3.10. The van der Waals surface area contributed by atoms with Crippen molar-refractivity contribution in [3.63, 3.8) is 0 Å². The van der Waals surface area contributed by atoms with Crippen LogP contribution in [0.25, 0.3) is 0 Å². The van der Waals surface area contributed by atoms with Gasteiger partial charge in [-0.15, -0.1) is 12.4 Å². The minimum Gasteiger partial charge on any atom is -0.317 e. The lowest BCUT2D eigenvalue weighted by Crippen LogP contribution is -2.28. The molecule has 94 valence electrons. The highest BCUT2D eigenvalue weighted by molar-refractivity contribution is 5.85. The second-order valence-corrected chi connectivity index (χ2v) is 4.32. The lowest BCUT2D eigenvalue weighted by Gasteiger charge is -2.22. The van der Waals surface area contributed by atoms with E-state index in [9.17, 15) is 10.1 Å². The summed E-state index contributed by atoms with van der Waals surface area (Å²) in [5, 5.41) is 14.0. The maximum atomic E-state index is 10.6. The molecule has 1 saturated heterocycles. The van der Waals surface area contributed by atoms with Crippen LogP contribution < -0.4 is 5.32 Å². The number of halogens is 1. The van der Waals surface area contributed by atoms with Gasteiger partial charge in [-0.1, -0.05) is 12.1 Å². The molecular weight excluding hydrogens is 240 g/mol. The van der Waals surface area contributed by atoms with Gasteiger partial charge in [0.15, 0.2) is 0 Å². The molecule has 2 rings (SSSR count). The predicted molar refractivity (Wildman–Crippen MR) is 69.6 cm³/mol. The van der Waals surface area contributed by atoms with Gasteiger partial charge < -0.3 is 5.32 Å². The van der Waals surface area contributed by atoms with Crippen LogP contribution in [0.4, 0.5) is 5.69 Å². The van der Waals surface area contributed by atoms with Crippen LogP contribution in [0.5, 0.6) is 0 Å². The van der Waals surface area contributed by atoms with Crippen LogP contribution in [0, 0.1) is 16.0 Å². The number of piperidine rings is 1. The Balaban J connectivity index is 0.00000144. The molecule has 1 aliphatic heterocycles. The number of nitrogens with zero attached hydrogens (tertiary/aromatic N) is 1. The molecular formula is C12H17ClN2O2. The van der Waals surface area contributed by atoms with Crippen molar-refractivity contribution in [3.8, 4) is 0 Å². The van der Waals surface area contributed by atoms with Crippen molar-refractivity contribution in [1.82, 2.24) is 5.32 Å². The molecule has 0 bridgehead atoms. The summed E-state index contributed by atoms with van der Waals surface area (Å²) in [6.07, 6.45) is 3.30. The Morgan fingerprint density at radius 1 is 1.35 bits per heavy atom. The molecule has 1 fully saturated rings. The van der Waals surface area contributed by atoms with Gasteiger partial charge in [-0.25, -0.2) is 0 Å². The normalized spacial score (nSPS) is 16.2. The maximum Gasteiger partial charge on any atom is 0.269 e. The van der Waals surface area contributed by atoms with Gasteiger partial charge in [-0.2, -0.15) is 0 Å². The van der Waals surface area contributed by atoms with Crippen LogP contribution in [0.1, 0.15) is 18.4 Å². The second-order valence-electron chi connectivity index (χ2n) is 4.32. The van der Waals surface area contributed by atoms with E-state index in [0.717, 1.165) is 25.1 Å². The van der Waals surface area contributed by atoms with E-state index in [1.54, 1.807) is 18.2 Å². The number of hydrogen-bond donors (Lipinski definition) is 1. The van der Waals surface area contributed by atoms with Crippen molar-refractivity contribution >= 4 is 18.1 Å². The van der Waals surface area contributed by atoms with Gasteiger partial charge in [0.05, 0.1) is 4.92 Å². The van der Waals surface area contributed by atoms with Gasteiger partial charge in [-0.3, -0.25) is 10.1 Å². The highest BCUT2D eigenvalue weighted by Crippen LogP contribution is 2.20. The molecule has 0 unspecified atom stereocenters. The van der Waals surface area contributed by atoms with Gasteiger partial charge >= 0.3 is 0 Å². The summed E-state index contributed by atoms with van der Waals surface area (Å²) in [4.78, 5) is 10.3. The number of non-ortho nitro benzene ring substituents is 1. The van der Waals surface area contributed by atoms with E-state index in [1.165, 1.54) is 12.8 Å². The third-order valence-corrected chi connectivity index (χ3v) is 3.10. The van der Waals surface area contributed by atoms with Crippen LogP contribution in [-0.2, 0) is 6.42 Å². The van der Waals surface area contributed by atoms with Crippen LogP contribution in [0.3, 0.4) is 0 Å². The fourth-order valence-electron chi connectivity index (χ4n) is 2.22. The van der Waals surface area contributed by atoms with Crippen molar-refractivity contribution < 1.29 is 4.92 Å². The van der Waals surface area contributed by atoms with E-state index in [1.807, 2.05) is 6.07 Å². The second kappa shape index (κ2) is 6.57. The van der Waals surface area contributed by atoms with Crippen LogP contribution in [0.15, 0.2) is 24.3 Å². The fourth-order valence-corrected chi connectivity index (χ4v) is 2.22. The summed E-state index contributed by atoms with van der Waals surface area (Å²) >= 11 is 0. The monoisotopic (exact) mass is 256 g/mol. The first-order valence-corrected chi connectivity index (χ1v) is 5.70. The van der Waals surface area contributed by atoms with Crippen LogP contribution >= 0.6 is 12.4 Å². The molecule has 0 amide bonds. The fraction of sp³-hybridized carbons (Fsp3) is 0.500. The van der Waals surface area contributed by atoms with Crippen molar-refractivity contribution in [1.29, 1.82) is 0 Å². The topological polar surface area (TPSA) is 55.2 Å². The molecule has 1 aliphatic rings. The van der Waals surface area contributed by atoms with Crippen molar-refractivity contribution in [2.75, 3.05) is 13.1 Å². The van der Waals surface area contributed by atoms with Crippen molar-refractivity contribution in [3.05, 3.63) is 39.9 Å². The van der Waals surface area contributed by atoms with E-state index in [-0.39, 0.29) is 23.0 Å². The van der Waals surface area contributed by atoms with Gasteiger partial charge in [-0.05, 0) is 43.8 Å². The van der Waals surface area contributed by atoms with Gasteiger partial charge in [0.25, 0.3) is 5.69 Å². The summed E-state index contributed by atoms with van der Waals surface area (Å²) in [5.41, 5.74) is 1.28. The van der Waals surface area contributed by atoms with E-state index in [2.05, 4.69) is 5.32 Å². The summed E-state index contributed by atoms with van der Waals surface area (Å²) in [6.45, 7) is 2.14. The van der Waals surface area contributed by atoms with Gasteiger partial charge in [0.1, 0.15) is 0 Å². The number of nitrogens with one attached hydrogen (secondary N) is 1. The molecule has 1 aromatic carbocycles. The Kier molecular flexibility index (Phi) is 5.38. The molecule has 5 heteroatoms. The van der Waals surface area contributed by atoms with Crippen LogP contribution in [-0.4, -0.2) is 18.0 Å². The summed E-state index contributed by atoms with van der Waals surface area (Å²) in [5.74, 6) is 0.670. The zero-order valence-electron chi connectivity index (χ0n) is 9.59. The Morgan fingerprint density at radius 3 is 2.71 bits per heavy atom. The Labute approximate surface area is 107 Å². The number of nitro benzene ring substituents is 1. The zero-order chi connectivity index (χ0) is 11.4. The summed E-state index contributed by atoms with van der Waals surface area (Å²) < 4.78 is 0. The highest BCUT2D eigenvalue weighted by Gasteiger charge is 2.14. The number of benzene rings is 1. The zero-order valence-corrected chi connectivity index (χ0v) is 10.4. The Morgan fingerprint density at radius 2 is 2.06 bits per heavy atom. The molecule has 0 aliphatic carbocycles. The first kappa shape index (κ1) is 13.9. The molecule has 0 saturated carbocycles. The standard InChI is InChI=1S/C12H16N2O2.ClH/c15-14(16)12-3-1-2-11(9-12)8-10-4-6-13-7-5-10;/h1-3,9-10,13H,4-8H2;1H. The van der Waals surface area contributed by atoms with Crippen molar-refractivity contribution in [2.45, 2.75) is 19.3 Å².